The molecule has 1 aromatic heterocycles. The smallest absolute Gasteiger partial charge is 0.350 e. The average Bonchev–Trinajstić information content (AvgIpc) is 2.66. The van der Waals surface area contributed by atoms with Crippen LogP contribution in [0.15, 0.2) is 22.7 Å². The Morgan fingerprint density at radius 1 is 1.47 bits per heavy atom. The SMILES string of the molecule is COC(=O)c1sc(-c2ccc(F)cc2Br)c(C)c1N. The Balaban J connectivity index is 2.60. The van der Waals surface area contributed by atoms with Gasteiger partial charge in [0.25, 0.3) is 0 Å². The minimum atomic E-state index is -0.463. The quantitative estimate of drug-likeness (QED) is 0.838. The number of carbonyl (C=O) groups excluding carboxylic acids is 1. The molecule has 0 saturated heterocycles. The fourth-order valence-electron chi connectivity index (χ4n) is 1.70. The van der Waals surface area contributed by atoms with E-state index in [1.165, 1.54) is 30.6 Å². The number of halogens is 2. The van der Waals surface area contributed by atoms with Crippen LogP contribution in [0, 0.1) is 12.7 Å². The molecule has 0 saturated carbocycles. The van der Waals surface area contributed by atoms with Crippen LogP contribution in [0.4, 0.5) is 10.1 Å². The lowest BCUT2D eigenvalue weighted by molar-refractivity contribution is 0.0607. The van der Waals surface area contributed by atoms with Gasteiger partial charge in [0.1, 0.15) is 10.7 Å². The topological polar surface area (TPSA) is 52.3 Å². The van der Waals surface area contributed by atoms with Crippen molar-refractivity contribution in [3.8, 4) is 10.4 Å². The molecule has 2 aromatic rings. The Labute approximate surface area is 122 Å². The predicted molar refractivity (Wildman–Crippen MR) is 77.9 cm³/mol. The van der Waals surface area contributed by atoms with Gasteiger partial charge < -0.3 is 10.5 Å². The summed E-state index contributed by atoms with van der Waals surface area (Å²) in [5, 5.41) is 0. The molecule has 19 heavy (non-hydrogen) atoms. The van der Waals surface area contributed by atoms with Gasteiger partial charge in [-0.1, -0.05) is 15.9 Å². The van der Waals surface area contributed by atoms with Crippen LogP contribution in [-0.4, -0.2) is 13.1 Å². The minimum absolute atomic E-state index is 0.328. The molecule has 0 radical (unpaired) electrons. The zero-order chi connectivity index (χ0) is 14.2. The van der Waals surface area contributed by atoms with Crippen molar-refractivity contribution in [2.24, 2.45) is 0 Å². The maximum absolute atomic E-state index is 13.1. The maximum atomic E-state index is 13.1. The molecule has 1 aromatic carbocycles. The predicted octanol–water partition coefficient (Wildman–Crippen LogP) is 3.99. The van der Waals surface area contributed by atoms with Crippen molar-refractivity contribution in [3.05, 3.63) is 38.9 Å². The Morgan fingerprint density at radius 3 is 2.74 bits per heavy atom. The van der Waals surface area contributed by atoms with Gasteiger partial charge in [-0.2, -0.15) is 0 Å². The molecule has 0 unspecified atom stereocenters. The summed E-state index contributed by atoms with van der Waals surface area (Å²) in [5.74, 6) is -0.791. The molecule has 100 valence electrons. The van der Waals surface area contributed by atoms with Crippen LogP contribution in [0.5, 0.6) is 0 Å². The van der Waals surface area contributed by atoms with Gasteiger partial charge >= 0.3 is 5.97 Å². The first kappa shape index (κ1) is 14.0. The summed E-state index contributed by atoms with van der Waals surface area (Å²) in [5.41, 5.74) is 7.91. The average molecular weight is 344 g/mol. The number of nitrogens with two attached hydrogens (primary N) is 1. The second-order valence-corrected chi connectivity index (χ2v) is 5.79. The molecule has 0 aliphatic heterocycles. The van der Waals surface area contributed by atoms with E-state index < -0.39 is 5.97 Å². The minimum Gasteiger partial charge on any atom is -0.465 e. The van der Waals surface area contributed by atoms with E-state index in [2.05, 4.69) is 15.9 Å². The highest BCUT2D eigenvalue weighted by Gasteiger charge is 2.21. The van der Waals surface area contributed by atoms with Gasteiger partial charge in [0.15, 0.2) is 0 Å². The molecule has 0 amide bonds. The van der Waals surface area contributed by atoms with Crippen LogP contribution in [0.1, 0.15) is 15.2 Å². The van der Waals surface area contributed by atoms with E-state index in [1.54, 1.807) is 6.07 Å². The largest absolute Gasteiger partial charge is 0.465 e. The molecule has 0 aliphatic rings. The third-order valence-electron chi connectivity index (χ3n) is 2.74. The van der Waals surface area contributed by atoms with E-state index in [1.807, 2.05) is 6.92 Å². The van der Waals surface area contributed by atoms with Crippen molar-refractivity contribution in [1.29, 1.82) is 0 Å². The van der Waals surface area contributed by atoms with Gasteiger partial charge in [0.05, 0.1) is 12.8 Å². The first-order valence-corrected chi connectivity index (χ1v) is 6.99. The first-order valence-electron chi connectivity index (χ1n) is 5.38. The molecule has 0 atom stereocenters. The number of thiophene rings is 1. The molecule has 2 N–H and O–H groups in total. The molecule has 0 aliphatic carbocycles. The maximum Gasteiger partial charge on any atom is 0.350 e. The Hall–Kier alpha value is -1.40. The number of hydrogen-bond acceptors (Lipinski definition) is 4. The second-order valence-electron chi connectivity index (χ2n) is 3.91. The van der Waals surface area contributed by atoms with Crippen LogP contribution < -0.4 is 5.73 Å². The highest BCUT2D eigenvalue weighted by atomic mass is 79.9. The number of benzene rings is 1. The van der Waals surface area contributed by atoms with Crippen LogP contribution in [-0.2, 0) is 4.74 Å². The summed E-state index contributed by atoms with van der Waals surface area (Å²) in [7, 11) is 1.31. The zero-order valence-electron chi connectivity index (χ0n) is 10.3. The number of anilines is 1. The van der Waals surface area contributed by atoms with Crippen molar-refractivity contribution < 1.29 is 13.9 Å². The van der Waals surface area contributed by atoms with E-state index in [4.69, 9.17) is 10.5 Å². The Kier molecular flexibility index (Phi) is 3.91. The number of carbonyl (C=O) groups is 1. The van der Waals surface area contributed by atoms with Crippen molar-refractivity contribution in [3.63, 3.8) is 0 Å². The number of hydrogen-bond donors (Lipinski definition) is 1. The number of esters is 1. The summed E-state index contributed by atoms with van der Waals surface area (Å²) in [4.78, 5) is 12.8. The third-order valence-corrected chi connectivity index (χ3v) is 4.72. The fourth-order valence-corrected chi connectivity index (χ4v) is 3.57. The van der Waals surface area contributed by atoms with Crippen LogP contribution in [0.2, 0.25) is 0 Å². The first-order chi connectivity index (χ1) is 8.95. The Bertz CT molecular complexity index is 654. The standard InChI is InChI=1S/C13H11BrFNO2S/c1-6-10(16)12(13(17)18-2)19-11(6)8-4-3-7(15)5-9(8)14/h3-5H,16H2,1-2H3. The number of nitrogen functional groups attached to an aromatic ring is 1. The highest BCUT2D eigenvalue weighted by molar-refractivity contribution is 9.10. The van der Waals surface area contributed by atoms with E-state index in [0.29, 0.717) is 15.0 Å². The van der Waals surface area contributed by atoms with Gasteiger partial charge in [-0.05, 0) is 30.7 Å². The molecule has 0 spiro atoms. The molecule has 6 heteroatoms. The molecule has 0 bridgehead atoms. The molecule has 0 fully saturated rings. The lowest BCUT2D eigenvalue weighted by Crippen LogP contribution is -2.01. The molecule has 3 nitrogen and oxygen atoms in total. The molecular formula is C13H11BrFNO2S. The van der Waals surface area contributed by atoms with E-state index in [-0.39, 0.29) is 5.82 Å². The normalized spacial score (nSPS) is 10.5. The number of methoxy groups -OCH3 is 1. The lowest BCUT2D eigenvalue weighted by Gasteiger charge is -2.03. The number of ether oxygens (including phenoxy) is 1. The van der Waals surface area contributed by atoms with E-state index >= 15 is 0 Å². The van der Waals surface area contributed by atoms with Gasteiger partial charge in [0.2, 0.25) is 0 Å². The summed E-state index contributed by atoms with van der Waals surface area (Å²) in [6.45, 7) is 1.82. The van der Waals surface area contributed by atoms with Crippen LogP contribution in [0.25, 0.3) is 10.4 Å². The summed E-state index contributed by atoms with van der Waals surface area (Å²) in [6, 6.07) is 4.40. The molecule has 2 rings (SSSR count). The monoisotopic (exact) mass is 343 g/mol. The molecular weight excluding hydrogens is 333 g/mol. The summed E-state index contributed by atoms with van der Waals surface area (Å²) >= 11 is 4.56. The van der Waals surface area contributed by atoms with E-state index in [0.717, 1.165) is 16.0 Å². The highest BCUT2D eigenvalue weighted by Crippen LogP contribution is 2.41. The van der Waals surface area contributed by atoms with Gasteiger partial charge in [-0.15, -0.1) is 11.3 Å². The molecule has 1 heterocycles. The fraction of sp³-hybridized carbons (Fsp3) is 0.154. The van der Waals surface area contributed by atoms with Crippen molar-refractivity contribution >= 4 is 38.9 Å². The summed E-state index contributed by atoms with van der Waals surface area (Å²) < 4.78 is 18.4. The van der Waals surface area contributed by atoms with Crippen molar-refractivity contribution in [2.45, 2.75) is 6.92 Å². The van der Waals surface area contributed by atoms with Crippen molar-refractivity contribution in [1.82, 2.24) is 0 Å². The van der Waals surface area contributed by atoms with Crippen molar-refractivity contribution in [2.75, 3.05) is 12.8 Å². The number of rotatable bonds is 2. The van der Waals surface area contributed by atoms with Crippen LogP contribution in [0.3, 0.4) is 0 Å². The van der Waals surface area contributed by atoms with E-state index in [9.17, 15) is 9.18 Å². The lowest BCUT2D eigenvalue weighted by atomic mass is 10.1. The van der Waals surface area contributed by atoms with Gasteiger partial charge in [0, 0.05) is 14.9 Å². The Morgan fingerprint density at radius 2 is 2.16 bits per heavy atom. The second kappa shape index (κ2) is 5.30. The zero-order valence-corrected chi connectivity index (χ0v) is 12.7. The van der Waals surface area contributed by atoms with Crippen LogP contribution >= 0.6 is 27.3 Å². The van der Waals surface area contributed by atoms with Gasteiger partial charge in [-0.25, -0.2) is 9.18 Å². The third kappa shape index (κ3) is 2.50. The summed E-state index contributed by atoms with van der Waals surface area (Å²) in [6.07, 6.45) is 0. The van der Waals surface area contributed by atoms with Gasteiger partial charge in [-0.3, -0.25) is 0 Å².